The van der Waals surface area contributed by atoms with Gasteiger partial charge in [0.2, 0.25) is 5.91 Å². The van der Waals surface area contributed by atoms with E-state index in [0.29, 0.717) is 0 Å². The molecule has 0 saturated carbocycles. The highest BCUT2D eigenvalue weighted by Gasteiger charge is 2.27. The molecular formula is C12H15BrN2O. The lowest BCUT2D eigenvalue weighted by atomic mass is 10.0. The molecule has 2 N–H and O–H groups in total. The maximum Gasteiger partial charge on any atom is 0.243 e. The minimum Gasteiger partial charge on any atom is -0.320 e. The molecule has 1 aromatic carbocycles. The van der Waals surface area contributed by atoms with E-state index in [1.807, 2.05) is 25.1 Å². The van der Waals surface area contributed by atoms with E-state index in [4.69, 9.17) is 5.73 Å². The number of halogens is 1. The number of nitrogens with two attached hydrogens (primary N) is 1. The molecule has 1 amide bonds. The molecule has 0 spiro atoms. The minimum atomic E-state index is -0.345. The molecule has 1 heterocycles. The number of amides is 1. The van der Waals surface area contributed by atoms with Gasteiger partial charge in [0.05, 0.1) is 11.7 Å². The van der Waals surface area contributed by atoms with Gasteiger partial charge < -0.3 is 10.6 Å². The molecule has 0 aliphatic carbocycles. The third-order valence-electron chi connectivity index (χ3n) is 2.87. The molecule has 1 aliphatic heterocycles. The smallest absolute Gasteiger partial charge is 0.243 e. The molecule has 1 atom stereocenters. The molecule has 1 aliphatic rings. The Morgan fingerprint density at radius 3 is 2.94 bits per heavy atom. The summed E-state index contributed by atoms with van der Waals surface area (Å²) in [4.78, 5) is 13.7. The maximum absolute atomic E-state index is 11.9. The Balaban J connectivity index is 2.32. The van der Waals surface area contributed by atoms with Gasteiger partial charge in [-0.3, -0.25) is 4.79 Å². The number of hydrogen-bond acceptors (Lipinski definition) is 2. The van der Waals surface area contributed by atoms with Gasteiger partial charge in [0.15, 0.2) is 0 Å². The number of aryl methyl sites for hydroxylation is 1. The Kier molecular flexibility index (Phi) is 3.30. The van der Waals surface area contributed by atoms with Crippen LogP contribution < -0.4 is 10.6 Å². The van der Waals surface area contributed by atoms with Crippen LogP contribution in [0.5, 0.6) is 0 Å². The van der Waals surface area contributed by atoms with Gasteiger partial charge in [-0.15, -0.1) is 0 Å². The molecule has 4 heteroatoms. The SMILES string of the molecule is Cc1ccc(N2CCCC(N)C2=O)c(Br)c1. The van der Waals surface area contributed by atoms with Crippen LogP contribution in [0.2, 0.25) is 0 Å². The van der Waals surface area contributed by atoms with Gasteiger partial charge in [-0.1, -0.05) is 6.07 Å². The van der Waals surface area contributed by atoms with Crippen LogP contribution in [-0.4, -0.2) is 18.5 Å². The van der Waals surface area contributed by atoms with Crippen molar-refractivity contribution in [1.82, 2.24) is 0 Å². The molecule has 0 aromatic heterocycles. The molecule has 2 rings (SSSR count). The van der Waals surface area contributed by atoms with Gasteiger partial charge in [0.1, 0.15) is 0 Å². The van der Waals surface area contributed by atoms with Gasteiger partial charge in [0.25, 0.3) is 0 Å². The van der Waals surface area contributed by atoms with E-state index in [2.05, 4.69) is 15.9 Å². The zero-order chi connectivity index (χ0) is 11.7. The lowest BCUT2D eigenvalue weighted by molar-refractivity contribution is -0.120. The van der Waals surface area contributed by atoms with Crippen LogP contribution in [0.25, 0.3) is 0 Å². The van der Waals surface area contributed by atoms with Gasteiger partial charge in [-0.2, -0.15) is 0 Å². The lowest BCUT2D eigenvalue weighted by Crippen LogP contribution is -2.48. The van der Waals surface area contributed by atoms with Crippen LogP contribution in [0.3, 0.4) is 0 Å². The van der Waals surface area contributed by atoms with E-state index in [1.54, 1.807) is 4.90 Å². The molecule has 1 unspecified atom stereocenters. The Morgan fingerprint density at radius 2 is 2.25 bits per heavy atom. The van der Waals surface area contributed by atoms with E-state index in [1.165, 1.54) is 5.56 Å². The molecule has 0 bridgehead atoms. The highest BCUT2D eigenvalue weighted by molar-refractivity contribution is 9.10. The van der Waals surface area contributed by atoms with E-state index >= 15 is 0 Å². The second-order valence-electron chi connectivity index (χ2n) is 4.19. The number of carbonyl (C=O) groups excluding carboxylic acids is 1. The second kappa shape index (κ2) is 4.55. The highest BCUT2D eigenvalue weighted by atomic mass is 79.9. The predicted molar refractivity (Wildman–Crippen MR) is 68.4 cm³/mol. The average molecular weight is 283 g/mol. The fourth-order valence-corrected chi connectivity index (χ4v) is 2.68. The Bertz CT molecular complexity index is 419. The molecule has 1 saturated heterocycles. The van der Waals surface area contributed by atoms with Crippen molar-refractivity contribution in [1.29, 1.82) is 0 Å². The quantitative estimate of drug-likeness (QED) is 0.859. The normalized spacial score (nSPS) is 21.3. The number of hydrogen-bond donors (Lipinski definition) is 1. The van der Waals surface area contributed by atoms with Crippen molar-refractivity contribution in [2.24, 2.45) is 5.73 Å². The monoisotopic (exact) mass is 282 g/mol. The molecule has 0 radical (unpaired) electrons. The fraction of sp³-hybridized carbons (Fsp3) is 0.417. The lowest BCUT2D eigenvalue weighted by Gasteiger charge is -2.31. The third-order valence-corrected chi connectivity index (χ3v) is 3.51. The zero-order valence-corrected chi connectivity index (χ0v) is 10.8. The minimum absolute atomic E-state index is 0.0239. The first-order valence-corrected chi connectivity index (χ1v) is 6.22. The summed E-state index contributed by atoms with van der Waals surface area (Å²) in [6.45, 7) is 2.78. The van der Waals surface area contributed by atoms with Crippen LogP contribution in [0, 0.1) is 6.92 Å². The first-order valence-electron chi connectivity index (χ1n) is 5.42. The first-order chi connectivity index (χ1) is 7.59. The van der Waals surface area contributed by atoms with Gasteiger partial charge >= 0.3 is 0 Å². The van der Waals surface area contributed by atoms with Crippen LogP contribution in [0.4, 0.5) is 5.69 Å². The summed E-state index contributed by atoms with van der Waals surface area (Å²) < 4.78 is 0.954. The predicted octanol–water partition coefficient (Wildman–Crippen LogP) is 2.21. The molecule has 1 aromatic rings. The van der Waals surface area contributed by atoms with E-state index in [-0.39, 0.29) is 11.9 Å². The zero-order valence-electron chi connectivity index (χ0n) is 9.24. The fourth-order valence-electron chi connectivity index (χ4n) is 1.97. The molecule has 16 heavy (non-hydrogen) atoms. The Hall–Kier alpha value is -0.870. The summed E-state index contributed by atoms with van der Waals surface area (Å²) in [7, 11) is 0. The highest BCUT2D eigenvalue weighted by Crippen LogP contribution is 2.29. The van der Waals surface area contributed by atoms with Gasteiger partial charge in [0, 0.05) is 11.0 Å². The van der Waals surface area contributed by atoms with Crippen molar-refractivity contribution in [2.75, 3.05) is 11.4 Å². The average Bonchev–Trinajstić information content (AvgIpc) is 2.23. The van der Waals surface area contributed by atoms with Crippen molar-refractivity contribution in [3.8, 4) is 0 Å². The van der Waals surface area contributed by atoms with E-state index < -0.39 is 0 Å². The molecule has 86 valence electrons. The van der Waals surface area contributed by atoms with Crippen molar-refractivity contribution in [2.45, 2.75) is 25.8 Å². The number of rotatable bonds is 1. The van der Waals surface area contributed by atoms with Crippen molar-refractivity contribution >= 4 is 27.5 Å². The first kappa shape index (κ1) is 11.6. The second-order valence-corrected chi connectivity index (χ2v) is 5.05. The topological polar surface area (TPSA) is 46.3 Å². The largest absolute Gasteiger partial charge is 0.320 e. The summed E-state index contributed by atoms with van der Waals surface area (Å²) >= 11 is 3.50. The number of nitrogens with zero attached hydrogens (tertiary/aromatic N) is 1. The Labute approximate surface area is 104 Å². The summed E-state index contributed by atoms with van der Waals surface area (Å²) in [5.41, 5.74) is 7.87. The summed E-state index contributed by atoms with van der Waals surface area (Å²) in [5.74, 6) is 0.0239. The van der Waals surface area contributed by atoms with E-state index in [9.17, 15) is 4.79 Å². The Morgan fingerprint density at radius 1 is 1.50 bits per heavy atom. The third kappa shape index (κ3) is 2.13. The maximum atomic E-state index is 11.9. The number of carbonyl (C=O) groups is 1. The van der Waals surface area contributed by atoms with E-state index in [0.717, 1.165) is 29.5 Å². The van der Waals surface area contributed by atoms with Crippen LogP contribution >= 0.6 is 15.9 Å². The molecular weight excluding hydrogens is 268 g/mol. The summed E-state index contributed by atoms with van der Waals surface area (Å²) in [6, 6.07) is 5.65. The van der Waals surface area contributed by atoms with Crippen LogP contribution in [0.15, 0.2) is 22.7 Å². The van der Waals surface area contributed by atoms with Crippen molar-refractivity contribution in [3.63, 3.8) is 0 Å². The number of piperidine rings is 1. The van der Waals surface area contributed by atoms with Crippen molar-refractivity contribution < 1.29 is 4.79 Å². The van der Waals surface area contributed by atoms with Gasteiger partial charge in [-0.05, 0) is 53.4 Å². The number of benzene rings is 1. The van der Waals surface area contributed by atoms with Crippen LogP contribution in [0.1, 0.15) is 18.4 Å². The standard InChI is InChI=1S/C12H15BrN2O/c1-8-4-5-11(9(13)7-8)15-6-2-3-10(14)12(15)16/h4-5,7,10H,2-3,6,14H2,1H3. The summed E-state index contributed by atoms with van der Waals surface area (Å²) in [6.07, 6.45) is 1.76. The van der Waals surface area contributed by atoms with Gasteiger partial charge in [-0.25, -0.2) is 0 Å². The van der Waals surface area contributed by atoms with Crippen molar-refractivity contribution in [3.05, 3.63) is 28.2 Å². The van der Waals surface area contributed by atoms with Crippen LogP contribution in [-0.2, 0) is 4.79 Å². The summed E-state index contributed by atoms with van der Waals surface area (Å²) in [5, 5.41) is 0. The molecule has 3 nitrogen and oxygen atoms in total. The molecule has 1 fully saturated rings. The number of anilines is 1.